The Morgan fingerprint density at radius 2 is 1.84 bits per heavy atom. The van der Waals surface area contributed by atoms with Gasteiger partial charge in [-0.25, -0.2) is 8.42 Å². The molecule has 19 heavy (non-hydrogen) atoms. The van der Waals surface area contributed by atoms with E-state index in [1.54, 1.807) is 7.11 Å². The summed E-state index contributed by atoms with van der Waals surface area (Å²) in [5.41, 5.74) is 1.08. The van der Waals surface area contributed by atoms with E-state index >= 15 is 0 Å². The molecule has 1 aromatic carbocycles. The van der Waals surface area contributed by atoms with Crippen molar-refractivity contribution in [2.45, 2.75) is 6.61 Å². The molecule has 0 heterocycles. The quantitative estimate of drug-likeness (QED) is 0.682. The Bertz CT molecular complexity index is 456. The van der Waals surface area contributed by atoms with Crippen LogP contribution < -0.4 is 10.1 Å². The molecule has 1 N–H and O–H groups in total. The normalized spacial score (nSPS) is 11.5. The monoisotopic (exact) mass is 287 g/mol. The first-order chi connectivity index (χ1) is 9.01. The zero-order valence-corrected chi connectivity index (χ0v) is 12.2. The molecule has 0 saturated heterocycles. The summed E-state index contributed by atoms with van der Waals surface area (Å²) in [6, 6.07) is 7.69. The maximum Gasteiger partial charge on any atom is 0.148 e. The second-order valence-corrected chi connectivity index (χ2v) is 6.54. The SMILES string of the molecule is COc1ccc(COCCNCCS(C)(=O)=O)cc1. The van der Waals surface area contributed by atoms with Gasteiger partial charge in [0.05, 0.1) is 26.1 Å². The standard InChI is InChI=1S/C13H21NO4S/c1-17-13-5-3-12(4-6-13)11-18-9-7-14-8-10-19(2,15)16/h3-6,14H,7-11H2,1-2H3. The molecular formula is C13H21NO4S. The Hall–Kier alpha value is -1.11. The number of methoxy groups -OCH3 is 1. The van der Waals surface area contributed by atoms with Gasteiger partial charge in [-0.05, 0) is 17.7 Å². The van der Waals surface area contributed by atoms with Crippen molar-refractivity contribution in [3.8, 4) is 5.75 Å². The van der Waals surface area contributed by atoms with Crippen molar-refractivity contribution in [1.29, 1.82) is 0 Å². The van der Waals surface area contributed by atoms with Gasteiger partial charge in [-0.2, -0.15) is 0 Å². The fourth-order valence-corrected chi connectivity index (χ4v) is 1.95. The van der Waals surface area contributed by atoms with Crippen LogP contribution in [0.1, 0.15) is 5.56 Å². The summed E-state index contributed by atoms with van der Waals surface area (Å²) in [6.45, 7) is 2.20. The van der Waals surface area contributed by atoms with Crippen LogP contribution in [-0.2, 0) is 21.2 Å². The summed E-state index contributed by atoms with van der Waals surface area (Å²) in [5.74, 6) is 0.983. The van der Waals surface area contributed by atoms with Crippen LogP contribution in [0, 0.1) is 0 Å². The van der Waals surface area contributed by atoms with Crippen molar-refractivity contribution < 1.29 is 17.9 Å². The average molecular weight is 287 g/mol. The third-order valence-corrected chi connectivity index (χ3v) is 3.45. The van der Waals surface area contributed by atoms with E-state index in [1.807, 2.05) is 24.3 Å². The number of hydrogen-bond donors (Lipinski definition) is 1. The molecule has 0 radical (unpaired) electrons. The van der Waals surface area contributed by atoms with Gasteiger partial charge in [0.1, 0.15) is 15.6 Å². The molecule has 0 aliphatic rings. The van der Waals surface area contributed by atoms with Gasteiger partial charge in [0, 0.05) is 19.3 Å². The van der Waals surface area contributed by atoms with Gasteiger partial charge in [0.2, 0.25) is 0 Å². The van der Waals surface area contributed by atoms with Crippen LogP contribution in [0.15, 0.2) is 24.3 Å². The molecule has 0 aliphatic heterocycles. The largest absolute Gasteiger partial charge is 0.497 e. The Morgan fingerprint density at radius 3 is 2.42 bits per heavy atom. The van der Waals surface area contributed by atoms with Crippen molar-refractivity contribution in [1.82, 2.24) is 5.32 Å². The first kappa shape index (κ1) is 15.9. The number of nitrogens with one attached hydrogen (secondary N) is 1. The van der Waals surface area contributed by atoms with E-state index in [-0.39, 0.29) is 5.75 Å². The van der Waals surface area contributed by atoms with Gasteiger partial charge in [0.15, 0.2) is 0 Å². The fraction of sp³-hybridized carbons (Fsp3) is 0.538. The molecule has 5 nitrogen and oxygen atoms in total. The lowest BCUT2D eigenvalue weighted by Crippen LogP contribution is -2.25. The van der Waals surface area contributed by atoms with Crippen LogP contribution in [0.5, 0.6) is 5.75 Å². The number of rotatable bonds is 9. The van der Waals surface area contributed by atoms with E-state index in [4.69, 9.17) is 9.47 Å². The van der Waals surface area contributed by atoms with Crippen molar-refractivity contribution in [3.05, 3.63) is 29.8 Å². The summed E-state index contributed by atoms with van der Waals surface area (Å²) >= 11 is 0. The van der Waals surface area contributed by atoms with Crippen LogP contribution in [0.25, 0.3) is 0 Å². The molecule has 0 saturated carbocycles. The molecular weight excluding hydrogens is 266 g/mol. The summed E-state index contributed by atoms with van der Waals surface area (Å²) in [7, 11) is -1.25. The number of benzene rings is 1. The third-order valence-electron chi connectivity index (χ3n) is 2.50. The number of ether oxygens (including phenoxy) is 2. The second-order valence-electron chi connectivity index (χ2n) is 4.28. The average Bonchev–Trinajstić information content (AvgIpc) is 2.37. The predicted molar refractivity (Wildman–Crippen MR) is 75.2 cm³/mol. The molecule has 0 spiro atoms. The van der Waals surface area contributed by atoms with Crippen LogP contribution in [0.3, 0.4) is 0 Å². The van der Waals surface area contributed by atoms with E-state index in [2.05, 4.69) is 5.32 Å². The molecule has 0 amide bonds. The minimum atomic E-state index is -2.88. The minimum Gasteiger partial charge on any atom is -0.497 e. The fourth-order valence-electron chi connectivity index (χ4n) is 1.44. The van der Waals surface area contributed by atoms with Gasteiger partial charge >= 0.3 is 0 Å². The van der Waals surface area contributed by atoms with Crippen LogP contribution in [0.4, 0.5) is 0 Å². The smallest absolute Gasteiger partial charge is 0.148 e. The Kier molecular flexibility index (Phi) is 6.83. The molecule has 0 aliphatic carbocycles. The molecule has 108 valence electrons. The van der Waals surface area contributed by atoms with Gasteiger partial charge < -0.3 is 14.8 Å². The molecule has 0 bridgehead atoms. The summed E-state index contributed by atoms with van der Waals surface area (Å²) in [4.78, 5) is 0. The van der Waals surface area contributed by atoms with Crippen molar-refractivity contribution in [2.75, 3.05) is 38.8 Å². The highest BCUT2D eigenvalue weighted by molar-refractivity contribution is 7.90. The van der Waals surface area contributed by atoms with Crippen LogP contribution >= 0.6 is 0 Å². The van der Waals surface area contributed by atoms with Crippen LogP contribution in [0.2, 0.25) is 0 Å². The van der Waals surface area contributed by atoms with E-state index in [1.165, 1.54) is 6.26 Å². The van der Waals surface area contributed by atoms with E-state index in [0.717, 1.165) is 11.3 Å². The second kappa shape index (κ2) is 8.14. The zero-order chi connectivity index (χ0) is 14.1. The maximum absolute atomic E-state index is 10.9. The van der Waals surface area contributed by atoms with Crippen molar-refractivity contribution in [2.24, 2.45) is 0 Å². The van der Waals surface area contributed by atoms with Gasteiger partial charge in [-0.1, -0.05) is 12.1 Å². The predicted octanol–water partition coefficient (Wildman–Crippen LogP) is 0.846. The Labute approximate surface area is 114 Å². The lowest BCUT2D eigenvalue weighted by atomic mass is 10.2. The van der Waals surface area contributed by atoms with E-state index in [0.29, 0.717) is 26.3 Å². The number of sulfone groups is 1. The topological polar surface area (TPSA) is 64.6 Å². The van der Waals surface area contributed by atoms with Gasteiger partial charge in [-0.15, -0.1) is 0 Å². The van der Waals surface area contributed by atoms with Gasteiger partial charge in [0.25, 0.3) is 0 Å². The van der Waals surface area contributed by atoms with Crippen LogP contribution in [-0.4, -0.2) is 47.2 Å². The highest BCUT2D eigenvalue weighted by Gasteiger charge is 2.00. The molecule has 0 fully saturated rings. The zero-order valence-electron chi connectivity index (χ0n) is 11.4. The van der Waals surface area contributed by atoms with E-state index < -0.39 is 9.84 Å². The van der Waals surface area contributed by atoms with E-state index in [9.17, 15) is 8.42 Å². The summed E-state index contributed by atoms with van der Waals surface area (Å²) in [6.07, 6.45) is 1.23. The molecule has 6 heteroatoms. The molecule has 0 aromatic heterocycles. The summed E-state index contributed by atoms with van der Waals surface area (Å²) < 4.78 is 32.3. The molecule has 0 atom stereocenters. The lowest BCUT2D eigenvalue weighted by molar-refractivity contribution is 0.123. The van der Waals surface area contributed by atoms with Crippen molar-refractivity contribution in [3.63, 3.8) is 0 Å². The first-order valence-electron chi connectivity index (χ1n) is 6.10. The Morgan fingerprint density at radius 1 is 1.16 bits per heavy atom. The molecule has 0 unspecified atom stereocenters. The molecule has 1 rings (SSSR count). The minimum absolute atomic E-state index is 0.158. The lowest BCUT2D eigenvalue weighted by Gasteiger charge is -2.06. The summed E-state index contributed by atoms with van der Waals surface area (Å²) in [5, 5.41) is 3.02. The van der Waals surface area contributed by atoms with Crippen molar-refractivity contribution >= 4 is 9.84 Å². The highest BCUT2D eigenvalue weighted by atomic mass is 32.2. The maximum atomic E-state index is 10.9. The molecule has 1 aromatic rings. The number of hydrogen-bond acceptors (Lipinski definition) is 5. The Balaban J connectivity index is 2.07. The highest BCUT2D eigenvalue weighted by Crippen LogP contribution is 2.11. The van der Waals surface area contributed by atoms with Gasteiger partial charge in [-0.3, -0.25) is 0 Å². The third kappa shape index (κ3) is 7.81. The first-order valence-corrected chi connectivity index (χ1v) is 8.16.